The third-order valence-corrected chi connectivity index (χ3v) is 6.18. The molecule has 0 radical (unpaired) electrons. The SMILES string of the molecule is Cc1ccc(C)c(S(=O)(=O)N2CCN([C@@H](C)C(=O)O)CC2)c1. The molecule has 7 heteroatoms. The fourth-order valence-electron chi connectivity index (χ4n) is 2.61. The van der Waals surface area contributed by atoms with Crippen molar-refractivity contribution in [3.63, 3.8) is 0 Å². The highest BCUT2D eigenvalue weighted by atomic mass is 32.2. The Kier molecular flexibility index (Phi) is 4.89. The van der Waals surface area contributed by atoms with Gasteiger partial charge in [-0.25, -0.2) is 8.42 Å². The predicted molar refractivity (Wildman–Crippen MR) is 83.3 cm³/mol. The van der Waals surface area contributed by atoms with Crippen molar-refractivity contribution in [1.82, 2.24) is 9.21 Å². The van der Waals surface area contributed by atoms with Crippen LogP contribution in [0.5, 0.6) is 0 Å². The zero-order chi connectivity index (χ0) is 16.5. The molecule has 1 aromatic rings. The van der Waals surface area contributed by atoms with Gasteiger partial charge in [-0.1, -0.05) is 12.1 Å². The van der Waals surface area contributed by atoms with Gasteiger partial charge in [0.05, 0.1) is 4.90 Å². The first kappa shape index (κ1) is 16.9. The quantitative estimate of drug-likeness (QED) is 0.896. The van der Waals surface area contributed by atoms with E-state index in [-0.39, 0.29) is 0 Å². The molecule has 0 unspecified atom stereocenters. The fourth-order valence-corrected chi connectivity index (χ4v) is 4.34. The second-order valence-corrected chi connectivity index (χ2v) is 7.63. The van der Waals surface area contributed by atoms with E-state index in [0.717, 1.165) is 11.1 Å². The lowest BCUT2D eigenvalue weighted by atomic mass is 10.2. The molecule has 1 heterocycles. The van der Waals surface area contributed by atoms with Crippen molar-refractivity contribution >= 4 is 16.0 Å². The lowest BCUT2D eigenvalue weighted by Gasteiger charge is -2.36. The van der Waals surface area contributed by atoms with Gasteiger partial charge in [-0.05, 0) is 38.0 Å². The second-order valence-electron chi connectivity index (χ2n) is 5.72. The van der Waals surface area contributed by atoms with E-state index < -0.39 is 22.0 Å². The summed E-state index contributed by atoms with van der Waals surface area (Å²) in [5.41, 5.74) is 1.63. The standard InChI is InChI=1S/C15H22N2O4S/c1-11-4-5-12(2)14(10-11)22(20,21)17-8-6-16(7-9-17)13(3)15(18)19/h4-5,10,13H,6-9H2,1-3H3,(H,18,19)/t13-/m0/s1. The molecule has 6 nitrogen and oxygen atoms in total. The van der Waals surface area contributed by atoms with E-state index in [9.17, 15) is 13.2 Å². The van der Waals surface area contributed by atoms with Crippen molar-refractivity contribution in [2.24, 2.45) is 0 Å². The molecule has 22 heavy (non-hydrogen) atoms. The summed E-state index contributed by atoms with van der Waals surface area (Å²) in [7, 11) is -3.53. The summed E-state index contributed by atoms with van der Waals surface area (Å²) in [6.45, 7) is 6.76. The first-order valence-electron chi connectivity index (χ1n) is 7.27. The Morgan fingerprint density at radius 3 is 2.32 bits per heavy atom. The largest absolute Gasteiger partial charge is 0.480 e. The molecule has 122 valence electrons. The Bertz CT molecular complexity index is 664. The first-order chi connectivity index (χ1) is 10.2. The molecule has 0 aromatic heterocycles. The molecule has 1 N–H and O–H groups in total. The Labute approximate surface area is 131 Å². The maximum Gasteiger partial charge on any atom is 0.320 e. The predicted octanol–water partition coefficient (Wildman–Crippen LogP) is 1.08. The monoisotopic (exact) mass is 326 g/mol. The summed E-state index contributed by atoms with van der Waals surface area (Å²) >= 11 is 0. The molecule has 2 rings (SSSR count). The van der Waals surface area contributed by atoms with Crippen LogP contribution >= 0.6 is 0 Å². The number of aryl methyl sites for hydroxylation is 2. The molecule has 0 spiro atoms. The van der Waals surface area contributed by atoms with Gasteiger partial charge in [0.1, 0.15) is 6.04 Å². The van der Waals surface area contributed by atoms with Gasteiger partial charge in [-0.3, -0.25) is 9.69 Å². The third-order valence-electron chi connectivity index (χ3n) is 4.14. The smallest absolute Gasteiger partial charge is 0.320 e. The summed E-state index contributed by atoms with van der Waals surface area (Å²) in [6.07, 6.45) is 0. The van der Waals surface area contributed by atoms with E-state index in [1.165, 1.54) is 4.31 Å². The Hall–Kier alpha value is -1.44. The van der Waals surface area contributed by atoms with Crippen LogP contribution in [0.1, 0.15) is 18.1 Å². The van der Waals surface area contributed by atoms with Crippen LogP contribution in [-0.2, 0) is 14.8 Å². The fraction of sp³-hybridized carbons (Fsp3) is 0.533. The molecule has 1 saturated heterocycles. The average molecular weight is 326 g/mol. The molecule has 1 aromatic carbocycles. The Balaban J connectivity index is 2.16. The van der Waals surface area contributed by atoms with Crippen LogP contribution in [-0.4, -0.2) is 60.9 Å². The van der Waals surface area contributed by atoms with Crippen LogP contribution < -0.4 is 0 Å². The van der Waals surface area contributed by atoms with E-state index in [0.29, 0.717) is 31.1 Å². The number of carboxylic acids is 1. The van der Waals surface area contributed by atoms with Gasteiger partial charge >= 0.3 is 5.97 Å². The summed E-state index contributed by atoms with van der Waals surface area (Å²) in [4.78, 5) is 13.1. The zero-order valence-corrected chi connectivity index (χ0v) is 13.9. The summed E-state index contributed by atoms with van der Waals surface area (Å²) in [5, 5.41) is 9.03. The third kappa shape index (κ3) is 3.31. The maximum absolute atomic E-state index is 12.8. The number of hydrogen-bond acceptors (Lipinski definition) is 4. The van der Waals surface area contributed by atoms with Crippen LogP contribution in [0.15, 0.2) is 23.1 Å². The topological polar surface area (TPSA) is 77.9 Å². The molecule has 0 amide bonds. The van der Waals surface area contributed by atoms with Crippen LogP contribution in [0, 0.1) is 13.8 Å². The average Bonchev–Trinajstić information content (AvgIpc) is 2.48. The van der Waals surface area contributed by atoms with Crippen molar-refractivity contribution < 1.29 is 18.3 Å². The number of nitrogens with zero attached hydrogens (tertiary/aromatic N) is 2. The number of piperazine rings is 1. The number of hydrogen-bond donors (Lipinski definition) is 1. The van der Waals surface area contributed by atoms with E-state index in [1.54, 1.807) is 24.8 Å². The molecule has 0 bridgehead atoms. The number of sulfonamides is 1. The van der Waals surface area contributed by atoms with Gasteiger partial charge in [-0.15, -0.1) is 0 Å². The molecule has 1 aliphatic rings. The van der Waals surface area contributed by atoms with Gasteiger partial charge in [0, 0.05) is 26.2 Å². The lowest BCUT2D eigenvalue weighted by Crippen LogP contribution is -2.53. The van der Waals surface area contributed by atoms with E-state index in [4.69, 9.17) is 5.11 Å². The number of aliphatic carboxylic acids is 1. The zero-order valence-electron chi connectivity index (χ0n) is 13.1. The molecular weight excluding hydrogens is 304 g/mol. The number of benzene rings is 1. The van der Waals surface area contributed by atoms with Crippen molar-refractivity contribution in [3.05, 3.63) is 29.3 Å². The number of rotatable bonds is 4. The van der Waals surface area contributed by atoms with E-state index in [2.05, 4.69) is 0 Å². The van der Waals surface area contributed by atoms with Crippen LogP contribution in [0.4, 0.5) is 0 Å². The van der Waals surface area contributed by atoms with E-state index >= 15 is 0 Å². The van der Waals surface area contributed by atoms with Crippen molar-refractivity contribution in [1.29, 1.82) is 0 Å². The molecule has 0 saturated carbocycles. The van der Waals surface area contributed by atoms with Gasteiger partial charge in [-0.2, -0.15) is 4.31 Å². The molecular formula is C15H22N2O4S. The van der Waals surface area contributed by atoms with Gasteiger partial charge in [0.15, 0.2) is 0 Å². The minimum atomic E-state index is -3.53. The van der Waals surface area contributed by atoms with Gasteiger partial charge < -0.3 is 5.11 Å². The van der Waals surface area contributed by atoms with Crippen LogP contribution in [0.2, 0.25) is 0 Å². The van der Waals surface area contributed by atoms with Gasteiger partial charge in [0.25, 0.3) is 0 Å². The van der Waals surface area contributed by atoms with E-state index in [1.807, 2.05) is 19.1 Å². The van der Waals surface area contributed by atoms with Crippen molar-refractivity contribution in [2.75, 3.05) is 26.2 Å². The molecule has 1 atom stereocenters. The minimum Gasteiger partial charge on any atom is -0.480 e. The Morgan fingerprint density at radius 2 is 1.77 bits per heavy atom. The minimum absolute atomic E-state index is 0.313. The summed E-state index contributed by atoms with van der Waals surface area (Å²) in [6, 6.07) is 4.80. The summed E-state index contributed by atoms with van der Waals surface area (Å²) < 4.78 is 27.0. The molecule has 1 fully saturated rings. The number of carbonyl (C=O) groups is 1. The molecule has 0 aliphatic carbocycles. The van der Waals surface area contributed by atoms with Crippen molar-refractivity contribution in [2.45, 2.75) is 31.7 Å². The highest BCUT2D eigenvalue weighted by molar-refractivity contribution is 7.89. The Morgan fingerprint density at radius 1 is 1.18 bits per heavy atom. The van der Waals surface area contributed by atoms with Crippen LogP contribution in [0.25, 0.3) is 0 Å². The van der Waals surface area contributed by atoms with Crippen molar-refractivity contribution in [3.8, 4) is 0 Å². The maximum atomic E-state index is 12.8. The number of carboxylic acid groups (broad SMARTS) is 1. The summed E-state index contributed by atoms with van der Waals surface area (Å²) in [5.74, 6) is -0.883. The van der Waals surface area contributed by atoms with Gasteiger partial charge in [0.2, 0.25) is 10.0 Å². The van der Waals surface area contributed by atoms with Crippen LogP contribution in [0.3, 0.4) is 0 Å². The highest BCUT2D eigenvalue weighted by Crippen LogP contribution is 2.22. The first-order valence-corrected chi connectivity index (χ1v) is 8.71. The second kappa shape index (κ2) is 6.36. The molecule has 1 aliphatic heterocycles. The highest BCUT2D eigenvalue weighted by Gasteiger charge is 2.32. The lowest BCUT2D eigenvalue weighted by molar-refractivity contribution is -0.143. The normalized spacial score (nSPS) is 19.0.